The fourth-order valence-corrected chi connectivity index (χ4v) is 2.11. The Bertz CT molecular complexity index is 222. The van der Waals surface area contributed by atoms with Crippen LogP contribution in [0.1, 0.15) is 40.0 Å². The quantitative estimate of drug-likeness (QED) is 0.766. The molecule has 1 fully saturated rings. The van der Waals surface area contributed by atoms with Crippen molar-refractivity contribution in [2.45, 2.75) is 51.6 Å². The summed E-state index contributed by atoms with van der Waals surface area (Å²) in [5, 5.41) is 12.7. The first-order valence-corrected chi connectivity index (χ1v) is 6.04. The fourth-order valence-electron chi connectivity index (χ4n) is 2.11. The fraction of sp³-hybridized carbons (Fsp3) is 0.917. The van der Waals surface area contributed by atoms with E-state index < -0.39 is 0 Å². The second-order valence-electron chi connectivity index (χ2n) is 4.75. The van der Waals surface area contributed by atoms with Crippen molar-refractivity contribution in [2.75, 3.05) is 19.6 Å². The molecule has 1 rings (SSSR count). The van der Waals surface area contributed by atoms with Gasteiger partial charge in [-0.25, -0.2) is 0 Å². The van der Waals surface area contributed by atoms with E-state index in [1.165, 1.54) is 0 Å². The number of likely N-dealkylation sites (tertiary alicyclic amines) is 1. The Morgan fingerprint density at radius 3 is 2.40 bits per heavy atom. The Kier molecular flexibility index (Phi) is 4.56. The van der Waals surface area contributed by atoms with Gasteiger partial charge in [0.15, 0.2) is 0 Å². The molecule has 15 heavy (non-hydrogen) atoms. The summed E-state index contributed by atoms with van der Waals surface area (Å²) in [6, 6.07) is 3.08. The molecular weight excluding hydrogens is 186 g/mol. The minimum Gasteiger partial charge on any atom is -0.301 e. The molecule has 0 spiro atoms. The van der Waals surface area contributed by atoms with Crippen LogP contribution in [0.25, 0.3) is 0 Å². The van der Waals surface area contributed by atoms with Crippen LogP contribution in [0.5, 0.6) is 0 Å². The summed E-state index contributed by atoms with van der Waals surface area (Å²) in [6.07, 6.45) is 3.01. The van der Waals surface area contributed by atoms with E-state index in [0.717, 1.165) is 38.9 Å². The third kappa shape index (κ3) is 3.19. The molecule has 1 N–H and O–H groups in total. The molecule has 1 heterocycles. The number of nitrogens with zero attached hydrogens (tertiary/aromatic N) is 2. The summed E-state index contributed by atoms with van der Waals surface area (Å²) in [5.74, 6) is 0. The predicted octanol–water partition coefficient (Wildman–Crippen LogP) is 1.75. The van der Waals surface area contributed by atoms with E-state index in [9.17, 15) is 5.26 Å². The first-order valence-electron chi connectivity index (χ1n) is 6.04. The summed E-state index contributed by atoms with van der Waals surface area (Å²) in [4.78, 5) is 2.45. The molecule has 3 nitrogen and oxygen atoms in total. The largest absolute Gasteiger partial charge is 0.301 e. The molecule has 1 aliphatic rings. The van der Waals surface area contributed by atoms with Gasteiger partial charge < -0.3 is 4.90 Å². The minimum absolute atomic E-state index is 0.249. The SMILES string of the molecule is CCCNC1(C#N)CCN(C(C)C)CC1. The summed E-state index contributed by atoms with van der Waals surface area (Å²) < 4.78 is 0. The Hall–Kier alpha value is -0.590. The van der Waals surface area contributed by atoms with E-state index in [4.69, 9.17) is 0 Å². The lowest BCUT2D eigenvalue weighted by molar-refractivity contribution is 0.136. The Labute approximate surface area is 93.5 Å². The highest BCUT2D eigenvalue weighted by Gasteiger charge is 2.34. The molecule has 0 radical (unpaired) electrons. The van der Waals surface area contributed by atoms with Gasteiger partial charge in [-0.2, -0.15) is 5.26 Å². The molecule has 0 aromatic rings. The molecule has 0 aromatic heterocycles. The van der Waals surface area contributed by atoms with E-state index in [-0.39, 0.29) is 5.54 Å². The number of nitriles is 1. The lowest BCUT2D eigenvalue weighted by Gasteiger charge is -2.39. The van der Waals surface area contributed by atoms with Crippen LogP contribution in [0, 0.1) is 11.3 Å². The summed E-state index contributed by atoms with van der Waals surface area (Å²) in [5.41, 5.74) is -0.249. The van der Waals surface area contributed by atoms with E-state index >= 15 is 0 Å². The van der Waals surface area contributed by atoms with Crippen molar-refractivity contribution in [1.29, 1.82) is 5.26 Å². The number of rotatable bonds is 4. The Balaban J connectivity index is 2.48. The van der Waals surface area contributed by atoms with Crippen LogP contribution < -0.4 is 5.32 Å². The highest BCUT2D eigenvalue weighted by atomic mass is 15.2. The van der Waals surface area contributed by atoms with Crippen LogP contribution in [0.4, 0.5) is 0 Å². The zero-order valence-corrected chi connectivity index (χ0v) is 10.2. The second kappa shape index (κ2) is 5.48. The molecule has 1 saturated heterocycles. The maximum Gasteiger partial charge on any atom is 0.109 e. The van der Waals surface area contributed by atoms with Gasteiger partial charge in [0.25, 0.3) is 0 Å². The van der Waals surface area contributed by atoms with E-state index in [0.29, 0.717) is 6.04 Å². The van der Waals surface area contributed by atoms with Crippen molar-refractivity contribution in [1.82, 2.24) is 10.2 Å². The number of nitrogens with one attached hydrogen (secondary N) is 1. The van der Waals surface area contributed by atoms with Gasteiger partial charge in [0, 0.05) is 19.1 Å². The van der Waals surface area contributed by atoms with Crippen molar-refractivity contribution >= 4 is 0 Å². The van der Waals surface area contributed by atoms with Gasteiger partial charge in [0.1, 0.15) is 5.54 Å². The van der Waals surface area contributed by atoms with Gasteiger partial charge in [0.2, 0.25) is 0 Å². The normalized spacial score (nSPS) is 21.5. The van der Waals surface area contributed by atoms with Crippen LogP contribution in [0.2, 0.25) is 0 Å². The Morgan fingerprint density at radius 1 is 1.40 bits per heavy atom. The summed E-state index contributed by atoms with van der Waals surface area (Å²) in [7, 11) is 0. The first kappa shape index (κ1) is 12.5. The van der Waals surface area contributed by atoms with Crippen LogP contribution >= 0.6 is 0 Å². The molecule has 0 aromatic carbocycles. The van der Waals surface area contributed by atoms with E-state index in [2.05, 4.69) is 37.1 Å². The van der Waals surface area contributed by atoms with Crippen molar-refractivity contribution in [3.8, 4) is 6.07 Å². The van der Waals surface area contributed by atoms with Crippen molar-refractivity contribution < 1.29 is 0 Å². The second-order valence-corrected chi connectivity index (χ2v) is 4.75. The lowest BCUT2D eigenvalue weighted by Crippen LogP contribution is -2.53. The monoisotopic (exact) mass is 209 g/mol. The molecule has 3 heteroatoms. The van der Waals surface area contributed by atoms with Crippen molar-refractivity contribution in [2.24, 2.45) is 0 Å². The minimum atomic E-state index is -0.249. The molecule has 1 aliphatic heterocycles. The molecule has 0 saturated carbocycles. The highest BCUT2D eigenvalue weighted by molar-refractivity contribution is 5.09. The van der Waals surface area contributed by atoms with Crippen LogP contribution in [-0.2, 0) is 0 Å². The molecule has 0 unspecified atom stereocenters. The number of piperidine rings is 1. The Morgan fingerprint density at radius 2 is 2.00 bits per heavy atom. The summed E-state index contributed by atoms with van der Waals surface area (Å²) in [6.45, 7) is 9.62. The first-order chi connectivity index (χ1) is 7.13. The predicted molar refractivity (Wildman–Crippen MR) is 62.6 cm³/mol. The maximum absolute atomic E-state index is 9.26. The standard InChI is InChI=1S/C12H23N3/c1-4-7-14-12(10-13)5-8-15(9-6-12)11(2)3/h11,14H,4-9H2,1-3H3. The maximum atomic E-state index is 9.26. The van der Waals surface area contributed by atoms with E-state index in [1.54, 1.807) is 0 Å². The van der Waals surface area contributed by atoms with Crippen molar-refractivity contribution in [3.63, 3.8) is 0 Å². The lowest BCUT2D eigenvalue weighted by atomic mass is 9.88. The van der Waals surface area contributed by atoms with Gasteiger partial charge in [-0.3, -0.25) is 5.32 Å². The van der Waals surface area contributed by atoms with Gasteiger partial charge in [-0.1, -0.05) is 6.92 Å². The third-order valence-electron chi connectivity index (χ3n) is 3.31. The van der Waals surface area contributed by atoms with Crippen LogP contribution in [0.3, 0.4) is 0 Å². The van der Waals surface area contributed by atoms with Gasteiger partial charge in [0.05, 0.1) is 6.07 Å². The molecule has 86 valence electrons. The molecule has 0 atom stereocenters. The van der Waals surface area contributed by atoms with Gasteiger partial charge in [-0.15, -0.1) is 0 Å². The van der Waals surface area contributed by atoms with Crippen LogP contribution in [0.15, 0.2) is 0 Å². The third-order valence-corrected chi connectivity index (χ3v) is 3.31. The zero-order chi connectivity index (χ0) is 11.3. The van der Waals surface area contributed by atoms with Gasteiger partial charge in [-0.05, 0) is 39.7 Å². The smallest absolute Gasteiger partial charge is 0.109 e. The molecule has 0 amide bonds. The van der Waals surface area contributed by atoms with Crippen LogP contribution in [-0.4, -0.2) is 36.1 Å². The molecule has 0 bridgehead atoms. The zero-order valence-electron chi connectivity index (χ0n) is 10.2. The topological polar surface area (TPSA) is 39.1 Å². The molecule has 0 aliphatic carbocycles. The number of hydrogen-bond donors (Lipinski definition) is 1. The van der Waals surface area contributed by atoms with E-state index in [1.807, 2.05) is 0 Å². The number of hydrogen-bond acceptors (Lipinski definition) is 3. The average Bonchev–Trinajstić information content (AvgIpc) is 2.27. The van der Waals surface area contributed by atoms with Crippen molar-refractivity contribution in [3.05, 3.63) is 0 Å². The summed E-state index contributed by atoms with van der Waals surface area (Å²) >= 11 is 0. The molecular formula is C12H23N3. The van der Waals surface area contributed by atoms with Gasteiger partial charge >= 0.3 is 0 Å². The highest BCUT2D eigenvalue weighted by Crippen LogP contribution is 2.22. The average molecular weight is 209 g/mol.